The molecule has 0 unspecified atom stereocenters. The van der Waals surface area contributed by atoms with Crippen LogP contribution in [0.3, 0.4) is 0 Å². The normalized spacial score (nSPS) is 10.9. The van der Waals surface area contributed by atoms with Crippen molar-refractivity contribution in [1.29, 1.82) is 0 Å². The fourth-order valence-corrected chi connectivity index (χ4v) is 3.55. The Morgan fingerprint density at radius 3 is 2.75 bits per heavy atom. The van der Waals surface area contributed by atoms with Gasteiger partial charge in [0.25, 0.3) is 11.1 Å². The van der Waals surface area contributed by atoms with Crippen molar-refractivity contribution in [2.24, 2.45) is 0 Å². The maximum absolute atomic E-state index is 12.3. The highest BCUT2D eigenvalue weighted by Crippen LogP contribution is 2.27. The van der Waals surface area contributed by atoms with Crippen LogP contribution in [0.4, 0.5) is 5.69 Å². The fraction of sp³-hybridized carbons (Fsp3) is 0.250. The highest BCUT2D eigenvalue weighted by Gasteiger charge is 2.13. The molecule has 0 aliphatic rings. The van der Waals surface area contributed by atoms with Crippen molar-refractivity contribution < 1.29 is 13.9 Å². The maximum Gasteiger partial charge on any atom is 0.277 e. The van der Waals surface area contributed by atoms with Gasteiger partial charge in [-0.1, -0.05) is 43.8 Å². The Balaban J connectivity index is 1.51. The van der Waals surface area contributed by atoms with Gasteiger partial charge >= 0.3 is 0 Å². The SMILES string of the molecule is CC(C)c1cc(I)ccc1NC(=O)CSc1nnc(COc2ccccc2)o1. The highest BCUT2D eigenvalue weighted by atomic mass is 127. The number of amides is 1. The molecule has 2 aromatic carbocycles. The molecule has 0 saturated heterocycles. The van der Waals surface area contributed by atoms with E-state index in [4.69, 9.17) is 9.15 Å². The topological polar surface area (TPSA) is 77.2 Å². The highest BCUT2D eigenvalue weighted by molar-refractivity contribution is 14.1. The van der Waals surface area contributed by atoms with Gasteiger partial charge in [0.05, 0.1) is 5.75 Å². The van der Waals surface area contributed by atoms with Crippen molar-refractivity contribution in [1.82, 2.24) is 10.2 Å². The molecule has 0 atom stereocenters. The Kier molecular flexibility index (Phi) is 7.32. The number of rotatable bonds is 8. The van der Waals surface area contributed by atoms with Gasteiger partial charge in [0, 0.05) is 9.26 Å². The summed E-state index contributed by atoms with van der Waals surface area (Å²) in [5.41, 5.74) is 1.95. The lowest BCUT2D eigenvalue weighted by molar-refractivity contribution is -0.113. The summed E-state index contributed by atoms with van der Waals surface area (Å²) < 4.78 is 12.2. The lowest BCUT2D eigenvalue weighted by Gasteiger charge is -2.14. The van der Waals surface area contributed by atoms with Crippen LogP contribution in [0, 0.1) is 3.57 Å². The number of ether oxygens (including phenoxy) is 1. The average Bonchev–Trinajstić information content (AvgIpc) is 3.15. The molecule has 3 rings (SSSR count). The van der Waals surface area contributed by atoms with Crippen molar-refractivity contribution in [2.45, 2.75) is 31.6 Å². The molecule has 0 radical (unpaired) electrons. The molecule has 1 N–H and O–H groups in total. The van der Waals surface area contributed by atoms with Gasteiger partial charge in [-0.15, -0.1) is 10.2 Å². The predicted octanol–water partition coefficient (Wildman–Crippen LogP) is 5.11. The summed E-state index contributed by atoms with van der Waals surface area (Å²) in [6.45, 7) is 4.39. The van der Waals surface area contributed by atoms with Crippen molar-refractivity contribution in [3.05, 3.63) is 63.6 Å². The van der Waals surface area contributed by atoms with E-state index >= 15 is 0 Å². The number of thioether (sulfide) groups is 1. The summed E-state index contributed by atoms with van der Waals surface area (Å²) in [5.74, 6) is 1.48. The molecular weight excluding hydrogens is 489 g/mol. The minimum absolute atomic E-state index is 0.117. The number of hydrogen-bond acceptors (Lipinski definition) is 6. The Morgan fingerprint density at radius 2 is 2.00 bits per heavy atom. The van der Waals surface area contributed by atoms with E-state index in [1.807, 2.05) is 42.5 Å². The van der Waals surface area contributed by atoms with Gasteiger partial charge in [-0.2, -0.15) is 0 Å². The second kappa shape index (κ2) is 9.92. The predicted molar refractivity (Wildman–Crippen MR) is 118 cm³/mol. The largest absolute Gasteiger partial charge is 0.484 e. The smallest absolute Gasteiger partial charge is 0.277 e. The molecule has 8 heteroatoms. The minimum Gasteiger partial charge on any atom is -0.484 e. The first kappa shape index (κ1) is 20.7. The second-order valence-corrected chi connectivity index (χ2v) is 8.46. The number of anilines is 1. The van der Waals surface area contributed by atoms with Crippen molar-refractivity contribution in [2.75, 3.05) is 11.1 Å². The molecule has 0 fully saturated rings. The van der Waals surface area contributed by atoms with Crippen LogP contribution in [0.15, 0.2) is 58.2 Å². The van der Waals surface area contributed by atoms with Crippen LogP contribution < -0.4 is 10.1 Å². The minimum atomic E-state index is -0.117. The molecule has 0 bridgehead atoms. The molecule has 0 aliphatic heterocycles. The second-order valence-electron chi connectivity index (χ2n) is 6.29. The lowest BCUT2D eigenvalue weighted by Crippen LogP contribution is -2.15. The number of halogens is 1. The van der Waals surface area contributed by atoms with Gasteiger partial charge in [0.15, 0.2) is 6.61 Å². The summed E-state index contributed by atoms with van der Waals surface area (Å²) >= 11 is 3.47. The molecule has 6 nitrogen and oxygen atoms in total. The Morgan fingerprint density at radius 1 is 1.21 bits per heavy atom. The molecule has 1 heterocycles. The van der Waals surface area contributed by atoms with Gasteiger partial charge in [0.2, 0.25) is 5.91 Å². The van der Waals surface area contributed by atoms with Gasteiger partial charge < -0.3 is 14.5 Å². The molecule has 0 spiro atoms. The molecule has 28 heavy (non-hydrogen) atoms. The summed E-state index contributed by atoms with van der Waals surface area (Å²) in [5, 5.41) is 11.2. The zero-order chi connectivity index (χ0) is 19.9. The number of nitrogens with one attached hydrogen (secondary N) is 1. The first-order valence-electron chi connectivity index (χ1n) is 8.73. The number of para-hydroxylation sites is 1. The summed E-state index contributed by atoms with van der Waals surface area (Å²) in [7, 11) is 0. The zero-order valence-electron chi connectivity index (χ0n) is 15.5. The number of benzene rings is 2. The number of carbonyl (C=O) groups excluding carboxylic acids is 1. The van der Waals surface area contributed by atoms with Crippen molar-refractivity contribution >= 4 is 45.9 Å². The molecular formula is C20H20IN3O3S. The maximum atomic E-state index is 12.3. The number of hydrogen-bond donors (Lipinski definition) is 1. The van der Waals surface area contributed by atoms with E-state index < -0.39 is 0 Å². The molecule has 1 aromatic heterocycles. The molecule has 146 valence electrons. The van der Waals surface area contributed by atoms with E-state index in [0.717, 1.165) is 20.6 Å². The first-order chi connectivity index (χ1) is 13.5. The van der Waals surface area contributed by atoms with E-state index in [1.54, 1.807) is 0 Å². The third-order valence-electron chi connectivity index (χ3n) is 3.79. The van der Waals surface area contributed by atoms with Crippen LogP contribution in [0.25, 0.3) is 0 Å². The van der Waals surface area contributed by atoms with Gasteiger partial charge in [-0.25, -0.2) is 0 Å². The van der Waals surface area contributed by atoms with Crippen LogP contribution in [-0.4, -0.2) is 21.9 Å². The summed E-state index contributed by atoms with van der Waals surface area (Å²) in [6.07, 6.45) is 0. The van der Waals surface area contributed by atoms with Crippen LogP contribution in [0.1, 0.15) is 31.2 Å². The average molecular weight is 509 g/mol. The molecule has 1 amide bonds. The van der Waals surface area contributed by atoms with Crippen LogP contribution in [0.2, 0.25) is 0 Å². The van der Waals surface area contributed by atoms with Crippen molar-refractivity contribution in [3.8, 4) is 5.75 Å². The number of nitrogens with zero attached hydrogens (tertiary/aromatic N) is 2. The zero-order valence-corrected chi connectivity index (χ0v) is 18.5. The third kappa shape index (κ3) is 5.96. The van der Waals surface area contributed by atoms with Gasteiger partial charge in [-0.3, -0.25) is 4.79 Å². The Labute approximate surface area is 181 Å². The van der Waals surface area contributed by atoms with E-state index in [1.165, 1.54) is 11.8 Å². The fourth-order valence-electron chi connectivity index (χ4n) is 2.46. The van der Waals surface area contributed by atoms with Gasteiger partial charge in [-0.05, 0) is 64.4 Å². The van der Waals surface area contributed by atoms with Crippen LogP contribution >= 0.6 is 34.4 Å². The number of carbonyl (C=O) groups is 1. The first-order valence-corrected chi connectivity index (χ1v) is 10.8. The van der Waals surface area contributed by atoms with Crippen LogP contribution in [-0.2, 0) is 11.4 Å². The van der Waals surface area contributed by atoms with Gasteiger partial charge in [0.1, 0.15) is 5.75 Å². The van der Waals surface area contributed by atoms with E-state index in [9.17, 15) is 4.79 Å². The van der Waals surface area contributed by atoms with Crippen LogP contribution in [0.5, 0.6) is 5.75 Å². The van der Waals surface area contributed by atoms with Crippen molar-refractivity contribution in [3.63, 3.8) is 0 Å². The van der Waals surface area contributed by atoms with E-state index in [2.05, 4.69) is 58.0 Å². The van der Waals surface area contributed by atoms with E-state index in [0.29, 0.717) is 17.0 Å². The third-order valence-corrected chi connectivity index (χ3v) is 5.28. The monoisotopic (exact) mass is 509 g/mol. The lowest BCUT2D eigenvalue weighted by atomic mass is 10.0. The Bertz CT molecular complexity index is 931. The molecule has 0 aliphatic carbocycles. The quantitative estimate of drug-likeness (QED) is 0.336. The number of aromatic nitrogens is 2. The Hall–Kier alpha value is -2.07. The van der Waals surface area contributed by atoms with E-state index in [-0.39, 0.29) is 18.3 Å². The standard InChI is InChI=1S/C20H20IN3O3S/c1-13(2)16-10-14(21)8-9-17(16)22-18(25)12-28-20-24-23-19(27-20)11-26-15-6-4-3-5-7-15/h3-10,13H,11-12H2,1-2H3,(H,22,25). The molecule has 0 saturated carbocycles. The summed E-state index contributed by atoms with van der Waals surface area (Å²) in [6, 6.07) is 15.4. The summed E-state index contributed by atoms with van der Waals surface area (Å²) in [4.78, 5) is 12.3. The molecule has 3 aromatic rings.